The molecule has 0 saturated carbocycles. The fourth-order valence-corrected chi connectivity index (χ4v) is 2.26. The summed E-state index contributed by atoms with van der Waals surface area (Å²) < 4.78 is 0. The van der Waals surface area contributed by atoms with Gasteiger partial charge in [-0.15, -0.1) is 11.8 Å². The third-order valence-electron chi connectivity index (χ3n) is 2.75. The average molecular weight is 278 g/mol. The summed E-state index contributed by atoms with van der Waals surface area (Å²) in [5, 5.41) is 18.2. The van der Waals surface area contributed by atoms with Crippen molar-refractivity contribution >= 4 is 23.4 Å². The van der Waals surface area contributed by atoms with Gasteiger partial charge in [0.15, 0.2) is 0 Å². The fourth-order valence-electron chi connectivity index (χ4n) is 1.42. The first-order valence-corrected chi connectivity index (χ1v) is 7.13. The summed E-state index contributed by atoms with van der Waals surface area (Å²) >= 11 is 1.39. The second-order valence-electron chi connectivity index (χ2n) is 4.23. The average Bonchev–Trinajstić information content (AvgIpc) is 2.42. The number of nitriles is 1. The molecule has 2 unspecified atom stereocenters. The highest BCUT2D eigenvalue weighted by Crippen LogP contribution is 2.18. The molecule has 0 radical (unpaired) electrons. The predicted molar refractivity (Wildman–Crippen MR) is 78.0 cm³/mol. The first-order chi connectivity index (χ1) is 9.06. The highest BCUT2D eigenvalue weighted by atomic mass is 32.2. The van der Waals surface area contributed by atoms with E-state index in [1.54, 1.807) is 19.1 Å². The molecule has 0 fully saturated rings. The van der Waals surface area contributed by atoms with Gasteiger partial charge in [-0.3, -0.25) is 9.69 Å². The number of aliphatic hydroxyl groups excluding tert-OH is 1. The van der Waals surface area contributed by atoms with E-state index in [0.29, 0.717) is 0 Å². The minimum absolute atomic E-state index is 0.0105. The maximum Gasteiger partial charge on any atom is 0.237 e. The van der Waals surface area contributed by atoms with Gasteiger partial charge in [-0.1, -0.05) is 25.1 Å². The number of anilines is 1. The minimum Gasteiger partial charge on any atom is -0.392 e. The van der Waals surface area contributed by atoms with Crippen molar-refractivity contribution in [1.82, 2.24) is 0 Å². The lowest BCUT2D eigenvalue weighted by molar-refractivity contribution is -0.116. The van der Waals surface area contributed by atoms with Crippen molar-refractivity contribution in [2.24, 2.45) is 0 Å². The summed E-state index contributed by atoms with van der Waals surface area (Å²) in [5.41, 5.74) is 0.722. The molecular formula is C14H18N2O2S. The third-order valence-corrected chi connectivity index (χ3v) is 4.08. The van der Waals surface area contributed by atoms with Crippen LogP contribution in [0.4, 0.5) is 5.69 Å². The number of nitrogens with zero attached hydrogens (tertiary/aromatic N) is 2. The van der Waals surface area contributed by atoms with E-state index in [1.807, 2.05) is 31.2 Å². The Bertz CT molecular complexity index is 443. The van der Waals surface area contributed by atoms with Gasteiger partial charge < -0.3 is 5.11 Å². The molecule has 1 aromatic rings. The van der Waals surface area contributed by atoms with Gasteiger partial charge in [0.05, 0.1) is 17.9 Å². The van der Waals surface area contributed by atoms with Gasteiger partial charge in [0.2, 0.25) is 5.91 Å². The van der Waals surface area contributed by atoms with Crippen LogP contribution in [0.25, 0.3) is 0 Å². The normalized spacial score (nSPS) is 13.4. The molecule has 0 spiro atoms. The Labute approximate surface area is 118 Å². The maximum absolute atomic E-state index is 12.1. The van der Waals surface area contributed by atoms with Crippen molar-refractivity contribution in [1.29, 1.82) is 5.26 Å². The second kappa shape index (κ2) is 7.82. The molecule has 0 aliphatic rings. The Morgan fingerprint density at radius 1 is 1.42 bits per heavy atom. The van der Waals surface area contributed by atoms with Crippen molar-refractivity contribution in [3.63, 3.8) is 0 Å². The lowest BCUT2D eigenvalue weighted by Crippen LogP contribution is -2.33. The summed E-state index contributed by atoms with van der Waals surface area (Å²) in [6.45, 7) is 3.61. The van der Waals surface area contributed by atoms with E-state index < -0.39 is 6.10 Å². The standard InChI is InChI=1S/C14H18N2O2S/c1-11(17)12(2)19-10-14(18)16(9-8-15)13-6-4-3-5-7-13/h3-7,11-12,17H,9-10H2,1-2H3. The Kier molecular flexibility index (Phi) is 6.40. The fraction of sp³-hybridized carbons (Fsp3) is 0.429. The number of carbonyl (C=O) groups excluding carboxylic acids is 1. The van der Waals surface area contributed by atoms with Gasteiger partial charge in [-0.2, -0.15) is 5.26 Å². The molecule has 0 heterocycles. The Balaban J connectivity index is 2.67. The highest BCUT2D eigenvalue weighted by Gasteiger charge is 2.18. The molecule has 0 aliphatic carbocycles. The van der Waals surface area contributed by atoms with Crippen molar-refractivity contribution in [3.8, 4) is 6.07 Å². The van der Waals surface area contributed by atoms with Crippen molar-refractivity contribution < 1.29 is 9.90 Å². The van der Waals surface area contributed by atoms with Crippen LogP contribution in [-0.4, -0.2) is 34.7 Å². The van der Waals surface area contributed by atoms with Gasteiger partial charge in [-0.05, 0) is 19.1 Å². The van der Waals surface area contributed by atoms with E-state index in [1.165, 1.54) is 16.7 Å². The molecule has 102 valence electrons. The summed E-state index contributed by atoms with van der Waals surface area (Å²) in [7, 11) is 0. The highest BCUT2D eigenvalue weighted by molar-refractivity contribution is 8.00. The van der Waals surface area contributed by atoms with Crippen LogP contribution >= 0.6 is 11.8 Å². The summed E-state index contributed by atoms with van der Waals surface area (Å²) in [6, 6.07) is 11.1. The molecule has 1 N–H and O–H groups in total. The number of para-hydroxylation sites is 1. The zero-order chi connectivity index (χ0) is 14.3. The molecule has 1 aromatic carbocycles. The lowest BCUT2D eigenvalue weighted by atomic mass is 10.3. The number of amides is 1. The molecule has 5 heteroatoms. The molecule has 2 atom stereocenters. The van der Waals surface area contributed by atoms with Crippen molar-refractivity contribution in [3.05, 3.63) is 30.3 Å². The monoisotopic (exact) mass is 278 g/mol. The van der Waals surface area contributed by atoms with Crippen molar-refractivity contribution in [2.45, 2.75) is 25.2 Å². The van der Waals surface area contributed by atoms with Crippen LogP contribution in [0.3, 0.4) is 0 Å². The number of rotatable bonds is 6. The quantitative estimate of drug-likeness (QED) is 0.809. The molecule has 0 aliphatic heterocycles. The first kappa shape index (κ1) is 15.5. The summed E-state index contributed by atoms with van der Waals surface area (Å²) in [5.74, 6) is 0.132. The smallest absolute Gasteiger partial charge is 0.237 e. The van der Waals surface area contributed by atoms with Gasteiger partial charge in [-0.25, -0.2) is 0 Å². The number of carbonyl (C=O) groups is 1. The molecule has 1 amide bonds. The largest absolute Gasteiger partial charge is 0.392 e. The maximum atomic E-state index is 12.1. The van der Waals surface area contributed by atoms with Crippen LogP contribution < -0.4 is 4.90 Å². The SMILES string of the molecule is CC(O)C(C)SCC(=O)N(CC#N)c1ccccc1. The van der Waals surface area contributed by atoms with Gasteiger partial charge in [0.25, 0.3) is 0 Å². The van der Waals surface area contributed by atoms with Crippen LogP contribution in [0.15, 0.2) is 30.3 Å². The topological polar surface area (TPSA) is 64.3 Å². The van der Waals surface area contributed by atoms with E-state index in [9.17, 15) is 9.90 Å². The Hall–Kier alpha value is -1.51. The van der Waals surface area contributed by atoms with E-state index in [0.717, 1.165) is 5.69 Å². The van der Waals surface area contributed by atoms with Gasteiger partial charge >= 0.3 is 0 Å². The number of hydrogen-bond donors (Lipinski definition) is 1. The van der Waals surface area contributed by atoms with Gasteiger partial charge in [0, 0.05) is 10.9 Å². The van der Waals surface area contributed by atoms with E-state index >= 15 is 0 Å². The van der Waals surface area contributed by atoms with Crippen LogP contribution in [0.1, 0.15) is 13.8 Å². The first-order valence-electron chi connectivity index (χ1n) is 6.08. The second-order valence-corrected chi connectivity index (χ2v) is 5.60. The summed E-state index contributed by atoms with van der Waals surface area (Å²) in [6.07, 6.45) is -0.459. The molecule has 1 rings (SSSR count). The molecule has 0 saturated heterocycles. The molecule has 0 aromatic heterocycles. The van der Waals surface area contributed by atoms with Crippen LogP contribution in [0.5, 0.6) is 0 Å². The van der Waals surface area contributed by atoms with E-state index in [-0.39, 0.29) is 23.5 Å². The summed E-state index contributed by atoms with van der Waals surface area (Å²) in [4.78, 5) is 13.6. The van der Waals surface area contributed by atoms with Crippen LogP contribution in [0.2, 0.25) is 0 Å². The van der Waals surface area contributed by atoms with E-state index in [4.69, 9.17) is 5.26 Å². The molecule has 19 heavy (non-hydrogen) atoms. The minimum atomic E-state index is -0.459. The zero-order valence-corrected chi connectivity index (χ0v) is 11.9. The zero-order valence-electron chi connectivity index (χ0n) is 11.1. The number of aliphatic hydroxyl groups is 1. The van der Waals surface area contributed by atoms with Crippen LogP contribution in [0, 0.1) is 11.3 Å². The number of thioether (sulfide) groups is 1. The molecule has 0 bridgehead atoms. The molecular weight excluding hydrogens is 260 g/mol. The molecule has 4 nitrogen and oxygen atoms in total. The van der Waals surface area contributed by atoms with E-state index in [2.05, 4.69) is 0 Å². The Morgan fingerprint density at radius 2 is 2.05 bits per heavy atom. The Morgan fingerprint density at radius 3 is 2.58 bits per heavy atom. The number of benzene rings is 1. The predicted octanol–water partition coefficient (Wildman–Crippen LogP) is 2.05. The number of hydrogen-bond acceptors (Lipinski definition) is 4. The third kappa shape index (κ3) is 4.93. The lowest BCUT2D eigenvalue weighted by Gasteiger charge is -2.21. The van der Waals surface area contributed by atoms with Crippen molar-refractivity contribution in [2.75, 3.05) is 17.2 Å². The van der Waals surface area contributed by atoms with Gasteiger partial charge in [0.1, 0.15) is 6.54 Å². The van der Waals surface area contributed by atoms with Crippen LogP contribution in [-0.2, 0) is 4.79 Å².